The molecule has 2 aromatic carbocycles. The summed E-state index contributed by atoms with van der Waals surface area (Å²) in [5, 5.41) is 9.91. The highest BCUT2D eigenvalue weighted by atomic mass is 32.1. The molecule has 0 amide bonds. The summed E-state index contributed by atoms with van der Waals surface area (Å²) in [5.41, 5.74) is 4.61. The number of rotatable bonds is 4. The third-order valence-corrected chi connectivity index (χ3v) is 10.5. The molecule has 0 unspecified atom stereocenters. The maximum atomic E-state index is 16.9. The third-order valence-electron chi connectivity index (χ3n) is 9.50. The molecule has 45 heavy (non-hydrogen) atoms. The van der Waals surface area contributed by atoms with Crippen LogP contribution in [-0.4, -0.2) is 78.7 Å². The highest BCUT2D eigenvalue weighted by molar-refractivity contribution is 7.23. The van der Waals surface area contributed by atoms with E-state index in [1.54, 1.807) is 0 Å². The van der Waals surface area contributed by atoms with Crippen molar-refractivity contribution in [2.45, 2.75) is 43.4 Å². The van der Waals surface area contributed by atoms with E-state index in [4.69, 9.17) is 19.9 Å². The van der Waals surface area contributed by atoms with Crippen LogP contribution in [0.1, 0.15) is 31.2 Å². The average molecular weight is 641 g/mol. The topological polar surface area (TPSA) is 110 Å². The summed E-state index contributed by atoms with van der Waals surface area (Å²) in [7, 11) is 0. The van der Waals surface area contributed by atoms with Gasteiger partial charge in [-0.2, -0.15) is 15.2 Å². The van der Waals surface area contributed by atoms with Gasteiger partial charge in [-0.05, 0) is 37.4 Å². The van der Waals surface area contributed by atoms with Gasteiger partial charge in [0.1, 0.15) is 47.6 Å². The standard InChI is InChI=1S/C31H28F4N6O3S/c32-15-9-31(5-1-6-40(31)11-15)14-44-30-38-25-22-26(43-13-16-12-42-8-2-7-41(16)29(22)39-30)24(35)21(23(25)34)17-3-4-19(33)27-20(17)18(10-36)28(37)45-27/h3-4,15-16H,1-2,5-9,11-14,37H2/t15-,16+,31+/m1/s1. The van der Waals surface area contributed by atoms with E-state index in [1.807, 2.05) is 11.0 Å². The van der Waals surface area contributed by atoms with E-state index in [0.717, 1.165) is 36.8 Å². The van der Waals surface area contributed by atoms with E-state index in [2.05, 4.69) is 14.9 Å². The van der Waals surface area contributed by atoms with Crippen LogP contribution in [0.3, 0.4) is 0 Å². The summed E-state index contributed by atoms with van der Waals surface area (Å²) < 4.78 is 80.9. The zero-order valence-corrected chi connectivity index (χ0v) is 24.9. The first kappa shape index (κ1) is 28.5. The Kier molecular flexibility index (Phi) is 6.70. The third kappa shape index (κ3) is 4.31. The maximum Gasteiger partial charge on any atom is 0.319 e. The molecule has 2 aromatic heterocycles. The number of aromatic nitrogens is 2. The van der Waals surface area contributed by atoms with E-state index in [-0.39, 0.29) is 80.6 Å². The molecule has 0 aliphatic carbocycles. The highest BCUT2D eigenvalue weighted by Crippen LogP contribution is 2.49. The van der Waals surface area contributed by atoms with Gasteiger partial charge >= 0.3 is 6.01 Å². The number of hydrogen-bond donors (Lipinski definition) is 1. The quantitative estimate of drug-likeness (QED) is 0.296. The number of nitrogens with two attached hydrogens (primary N) is 1. The highest BCUT2D eigenvalue weighted by Gasteiger charge is 2.49. The lowest BCUT2D eigenvalue weighted by Crippen LogP contribution is -2.43. The molecule has 14 heteroatoms. The van der Waals surface area contributed by atoms with Crippen LogP contribution in [0, 0.1) is 28.8 Å². The van der Waals surface area contributed by atoms with Gasteiger partial charge in [-0.1, -0.05) is 6.07 Å². The number of hydrogen-bond acceptors (Lipinski definition) is 10. The molecule has 0 spiro atoms. The Labute approximate surface area is 259 Å². The molecule has 6 heterocycles. The van der Waals surface area contributed by atoms with E-state index >= 15 is 8.78 Å². The molecule has 0 radical (unpaired) electrons. The van der Waals surface area contributed by atoms with Crippen molar-refractivity contribution in [2.24, 2.45) is 0 Å². The summed E-state index contributed by atoms with van der Waals surface area (Å²) in [6.45, 7) is 2.52. The van der Waals surface area contributed by atoms with Gasteiger partial charge in [0.05, 0.1) is 39.4 Å². The monoisotopic (exact) mass is 640 g/mol. The molecular formula is C31H28F4N6O3S. The van der Waals surface area contributed by atoms with Gasteiger partial charge in [-0.3, -0.25) is 4.90 Å². The van der Waals surface area contributed by atoms with Crippen LogP contribution in [-0.2, 0) is 4.74 Å². The largest absolute Gasteiger partial charge is 0.487 e. The van der Waals surface area contributed by atoms with Gasteiger partial charge < -0.3 is 24.8 Å². The van der Waals surface area contributed by atoms with Crippen molar-refractivity contribution in [1.82, 2.24) is 14.9 Å². The number of ether oxygens (including phenoxy) is 3. The number of anilines is 2. The Morgan fingerprint density at radius 2 is 2.00 bits per heavy atom. The minimum Gasteiger partial charge on any atom is -0.487 e. The fraction of sp³-hybridized carbons (Fsp3) is 0.452. The van der Waals surface area contributed by atoms with E-state index < -0.39 is 34.7 Å². The minimum atomic E-state index is -1.04. The van der Waals surface area contributed by atoms with E-state index in [0.29, 0.717) is 32.5 Å². The first-order valence-electron chi connectivity index (χ1n) is 14.9. The van der Waals surface area contributed by atoms with Crippen molar-refractivity contribution < 1.29 is 31.8 Å². The molecule has 4 aliphatic heterocycles. The number of alkyl halides is 1. The van der Waals surface area contributed by atoms with Crippen LogP contribution >= 0.6 is 11.3 Å². The number of benzene rings is 2. The van der Waals surface area contributed by atoms with Crippen molar-refractivity contribution in [3.8, 4) is 29.0 Å². The first-order valence-corrected chi connectivity index (χ1v) is 15.7. The molecule has 2 N–H and O–H groups in total. The molecule has 8 rings (SSSR count). The molecule has 4 aromatic rings. The predicted octanol–water partition coefficient (Wildman–Crippen LogP) is 5.33. The summed E-state index contributed by atoms with van der Waals surface area (Å²) in [6, 6.07) is 3.77. The van der Waals surface area contributed by atoms with Crippen molar-refractivity contribution in [2.75, 3.05) is 56.7 Å². The number of halogens is 4. The van der Waals surface area contributed by atoms with Crippen molar-refractivity contribution in [3.63, 3.8) is 0 Å². The Morgan fingerprint density at radius 3 is 2.84 bits per heavy atom. The Hall–Kier alpha value is -3.93. The molecule has 0 bridgehead atoms. The Morgan fingerprint density at radius 1 is 1.13 bits per heavy atom. The van der Waals surface area contributed by atoms with Crippen LogP contribution in [0.4, 0.5) is 28.4 Å². The maximum absolute atomic E-state index is 16.9. The molecule has 3 fully saturated rings. The van der Waals surface area contributed by atoms with Crippen LogP contribution < -0.4 is 20.1 Å². The van der Waals surface area contributed by atoms with Crippen molar-refractivity contribution in [1.29, 1.82) is 5.26 Å². The summed E-state index contributed by atoms with van der Waals surface area (Å²) in [5.74, 6) is -2.75. The Balaban J connectivity index is 1.35. The second-order valence-corrected chi connectivity index (χ2v) is 13.1. The first-order chi connectivity index (χ1) is 21.8. The molecule has 3 saturated heterocycles. The fourth-order valence-corrected chi connectivity index (χ4v) is 8.41. The summed E-state index contributed by atoms with van der Waals surface area (Å²) >= 11 is 0.832. The van der Waals surface area contributed by atoms with Crippen LogP contribution in [0.2, 0.25) is 0 Å². The molecule has 0 saturated carbocycles. The minimum absolute atomic E-state index is 0.00765. The number of thiophene rings is 1. The average Bonchev–Trinajstić information content (AvgIpc) is 3.55. The lowest BCUT2D eigenvalue weighted by Gasteiger charge is -2.31. The zero-order chi connectivity index (χ0) is 31.0. The van der Waals surface area contributed by atoms with Crippen molar-refractivity contribution >= 4 is 43.1 Å². The van der Waals surface area contributed by atoms with Gasteiger partial charge in [0.25, 0.3) is 0 Å². The lowest BCUT2D eigenvalue weighted by atomic mass is 9.95. The van der Waals surface area contributed by atoms with Gasteiger partial charge in [0, 0.05) is 31.5 Å². The lowest BCUT2D eigenvalue weighted by molar-refractivity contribution is 0.107. The predicted molar refractivity (Wildman–Crippen MR) is 160 cm³/mol. The van der Waals surface area contributed by atoms with Gasteiger partial charge in [-0.15, -0.1) is 11.3 Å². The normalized spacial score (nSPS) is 24.6. The second-order valence-electron chi connectivity index (χ2n) is 12.1. The molecule has 3 atom stereocenters. The van der Waals surface area contributed by atoms with Crippen molar-refractivity contribution in [3.05, 3.63) is 35.1 Å². The fourth-order valence-electron chi connectivity index (χ4n) is 7.46. The SMILES string of the molecule is N#Cc1c(N)sc2c(F)ccc(-c3c(F)c4c5c(nc(OC[C@@]67CCCN6C[C@H](F)C7)nc5c3F)N3CCCOC[C@H]3CO4)c12. The van der Waals surface area contributed by atoms with Gasteiger partial charge in [0.2, 0.25) is 0 Å². The molecule has 234 valence electrons. The number of nitrogens with zero attached hydrogens (tertiary/aromatic N) is 5. The number of fused-ring (bicyclic) bond motifs is 4. The van der Waals surface area contributed by atoms with E-state index in [9.17, 15) is 14.0 Å². The summed E-state index contributed by atoms with van der Waals surface area (Å²) in [6.07, 6.45) is 1.68. The van der Waals surface area contributed by atoms with Gasteiger partial charge in [-0.25, -0.2) is 17.6 Å². The zero-order valence-electron chi connectivity index (χ0n) is 24.0. The van der Waals surface area contributed by atoms with E-state index in [1.165, 1.54) is 6.07 Å². The smallest absolute Gasteiger partial charge is 0.319 e. The van der Waals surface area contributed by atoms with Crippen LogP contribution in [0.5, 0.6) is 11.8 Å². The molecule has 9 nitrogen and oxygen atoms in total. The molecular weight excluding hydrogens is 612 g/mol. The number of nitriles is 1. The molecule has 4 aliphatic rings. The summed E-state index contributed by atoms with van der Waals surface area (Å²) in [4.78, 5) is 13.2. The second kappa shape index (κ2) is 10.6. The van der Waals surface area contributed by atoms with Gasteiger partial charge in [0.15, 0.2) is 17.4 Å². The van der Waals surface area contributed by atoms with Crippen LogP contribution in [0.15, 0.2) is 12.1 Å². The Bertz CT molecular complexity index is 1920. The van der Waals surface area contributed by atoms with Crippen LogP contribution in [0.25, 0.3) is 32.1 Å². The number of nitrogen functional groups attached to an aromatic ring is 1.